The van der Waals surface area contributed by atoms with E-state index in [9.17, 15) is 4.79 Å². The van der Waals surface area contributed by atoms with Gasteiger partial charge in [-0.2, -0.15) is 0 Å². The second kappa shape index (κ2) is 7.36. The van der Waals surface area contributed by atoms with E-state index < -0.39 is 5.76 Å². The average Bonchev–Trinajstić information content (AvgIpc) is 3.28. The van der Waals surface area contributed by atoms with Crippen molar-refractivity contribution in [2.45, 2.75) is 31.8 Å². The van der Waals surface area contributed by atoms with Crippen molar-refractivity contribution in [1.82, 2.24) is 20.0 Å². The maximum absolute atomic E-state index is 10.9. The molecule has 1 saturated carbocycles. The summed E-state index contributed by atoms with van der Waals surface area (Å²) in [7, 11) is 0. The van der Waals surface area contributed by atoms with Gasteiger partial charge in [0.15, 0.2) is 0 Å². The summed E-state index contributed by atoms with van der Waals surface area (Å²) in [5.41, 5.74) is 0.558. The fourth-order valence-corrected chi connectivity index (χ4v) is 3.00. The highest BCUT2D eigenvalue weighted by Crippen LogP contribution is 2.31. The number of aromatic nitrogens is 3. The lowest BCUT2D eigenvalue weighted by Gasteiger charge is -2.32. The zero-order valence-electron chi connectivity index (χ0n) is 13.3. The van der Waals surface area contributed by atoms with E-state index in [1.165, 1.54) is 19.4 Å². The number of hydrogen-bond acceptors (Lipinski definition) is 6. The molecule has 3 heterocycles. The first-order valence-corrected chi connectivity index (χ1v) is 8.18. The van der Waals surface area contributed by atoms with Crippen LogP contribution in [-0.2, 0) is 0 Å². The SMILES string of the molecule is Cl.O=c1[nH]c(-c2ccc(OC3CCN(CC4CC4)CC3)cn2)no1. The summed E-state index contributed by atoms with van der Waals surface area (Å²) in [5.74, 6) is 1.45. The standard InChI is InChI=1S/C16H20N4O3.ClH/c21-16-18-15(19-23-16)14-4-3-13(9-17-14)22-12-5-7-20(8-6-12)10-11-1-2-11;/h3-4,9,11-12H,1-2,5-8,10H2,(H,18,19,21);1H. The summed E-state index contributed by atoms with van der Waals surface area (Å²) in [6.45, 7) is 3.50. The van der Waals surface area contributed by atoms with E-state index in [1.807, 2.05) is 6.07 Å². The van der Waals surface area contributed by atoms with Crippen LogP contribution in [-0.4, -0.2) is 45.8 Å². The molecule has 0 aromatic carbocycles. The molecular formula is C16H21ClN4O3. The van der Waals surface area contributed by atoms with Crippen molar-refractivity contribution in [2.75, 3.05) is 19.6 Å². The molecule has 0 radical (unpaired) electrons. The second-order valence-electron chi connectivity index (χ2n) is 6.38. The van der Waals surface area contributed by atoms with Crippen molar-refractivity contribution in [1.29, 1.82) is 0 Å². The molecule has 0 unspecified atom stereocenters. The molecule has 2 aromatic rings. The molecule has 24 heavy (non-hydrogen) atoms. The predicted molar refractivity (Wildman–Crippen MR) is 90.4 cm³/mol. The molecule has 0 atom stereocenters. The maximum Gasteiger partial charge on any atom is 0.439 e. The van der Waals surface area contributed by atoms with Gasteiger partial charge >= 0.3 is 5.76 Å². The number of piperidine rings is 1. The lowest BCUT2D eigenvalue weighted by molar-refractivity contribution is 0.0977. The molecule has 4 rings (SSSR count). The van der Waals surface area contributed by atoms with Crippen molar-refractivity contribution in [3.8, 4) is 17.3 Å². The average molecular weight is 353 g/mol. The van der Waals surface area contributed by atoms with Gasteiger partial charge in [0.1, 0.15) is 17.5 Å². The highest BCUT2D eigenvalue weighted by Gasteiger charge is 2.27. The van der Waals surface area contributed by atoms with E-state index in [4.69, 9.17) is 4.74 Å². The Balaban J connectivity index is 0.00000169. The number of H-pyrrole nitrogens is 1. The maximum atomic E-state index is 10.9. The van der Waals surface area contributed by atoms with Gasteiger partial charge in [0, 0.05) is 19.6 Å². The fourth-order valence-electron chi connectivity index (χ4n) is 3.00. The number of ether oxygens (including phenoxy) is 1. The molecule has 0 spiro atoms. The fraction of sp³-hybridized carbons (Fsp3) is 0.562. The van der Waals surface area contributed by atoms with Crippen LogP contribution in [0.15, 0.2) is 27.6 Å². The Labute approximate surface area is 145 Å². The Morgan fingerprint density at radius 2 is 2.04 bits per heavy atom. The number of nitrogens with one attached hydrogen (secondary N) is 1. The zero-order valence-corrected chi connectivity index (χ0v) is 14.1. The first kappa shape index (κ1) is 17.0. The topological polar surface area (TPSA) is 84.3 Å². The highest BCUT2D eigenvalue weighted by atomic mass is 35.5. The highest BCUT2D eigenvalue weighted by molar-refractivity contribution is 5.85. The lowest BCUT2D eigenvalue weighted by Crippen LogP contribution is -2.39. The third-order valence-electron chi connectivity index (χ3n) is 4.47. The molecule has 1 N–H and O–H groups in total. The summed E-state index contributed by atoms with van der Waals surface area (Å²) >= 11 is 0. The van der Waals surface area contributed by atoms with Gasteiger partial charge in [-0.3, -0.25) is 9.51 Å². The van der Waals surface area contributed by atoms with Gasteiger partial charge in [-0.15, -0.1) is 12.4 Å². The van der Waals surface area contributed by atoms with Gasteiger partial charge < -0.3 is 9.64 Å². The van der Waals surface area contributed by atoms with Gasteiger partial charge in [-0.1, -0.05) is 5.16 Å². The Morgan fingerprint density at radius 3 is 2.62 bits per heavy atom. The zero-order chi connectivity index (χ0) is 15.6. The van der Waals surface area contributed by atoms with Gasteiger partial charge in [-0.05, 0) is 43.7 Å². The van der Waals surface area contributed by atoms with Gasteiger partial charge in [0.2, 0.25) is 5.82 Å². The summed E-state index contributed by atoms with van der Waals surface area (Å²) in [4.78, 5) is 20.2. The molecule has 1 aliphatic heterocycles. The van der Waals surface area contributed by atoms with Crippen molar-refractivity contribution >= 4 is 12.4 Å². The van der Waals surface area contributed by atoms with Crippen LogP contribution in [0.5, 0.6) is 5.75 Å². The van der Waals surface area contributed by atoms with Crippen LogP contribution in [0.3, 0.4) is 0 Å². The largest absolute Gasteiger partial charge is 0.489 e. The van der Waals surface area contributed by atoms with Crippen molar-refractivity contribution in [3.05, 3.63) is 28.9 Å². The molecule has 2 aliphatic rings. The summed E-state index contributed by atoms with van der Waals surface area (Å²) in [6.07, 6.45) is 6.86. The number of nitrogens with zero attached hydrogens (tertiary/aromatic N) is 3. The smallest absolute Gasteiger partial charge is 0.439 e. The number of pyridine rings is 1. The first-order valence-electron chi connectivity index (χ1n) is 8.18. The minimum Gasteiger partial charge on any atom is -0.489 e. The van der Waals surface area contributed by atoms with E-state index in [2.05, 4.69) is 24.5 Å². The van der Waals surface area contributed by atoms with Crippen LogP contribution in [0, 0.1) is 5.92 Å². The summed E-state index contributed by atoms with van der Waals surface area (Å²) < 4.78 is 10.5. The number of rotatable bonds is 5. The first-order chi connectivity index (χ1) is 11.3. The Hall–Kier alpha value is -1.86. The molecule has 2 aromatic heterocycles. The molecule has 2 fully saturated rings. The summed E-state index contributed by atoms with van der Waals surface area (Å²) in [5, 5.41) is 3.62. The third-order valence-corrected chi connectivity index (χ3v) is 4.47. The van der Waals surface area contributed by atoms with Gasteiger partial charge in [-0.25, -0.2) is 9.78 Å². The van der Waals surface area contributed by atoms with Gasteiger partial charge in [0.25, 0.3) is 0 Å². The van der Waals surface area contributed by atoms with Crippen molar-refractivity contribution in [2.24, 2.45) is 5.92 Å². The van der Waals surface area contributed by atoms with E-state index in [0.717, 1.165) is 37.6 Å². The molecule has 1 saturated heterocycles. The Kier molecular flexibility index (Phi) is 5.20. The molecule has 8 heteroatoms. The second-order valence-corrected chi connectivity index (χ2v) is 6.38. The van der Waals surface area contributed by atoms with Crippen LogP contribution >= 0.6 is 12.4 Å². The third kappa shape index (κ3) is 4.15. The predicted octanol–water partition coefficient (Wildman–Crippen LogP) is 2.10. The van der Waals surface area contributed by atoms with Crippen LogP contribution in [0.4, 0.5) is 0 Å². The molecule has 0 amide bonds. The minimum atomic E-state index is -0.583. The quantitative estimate of drug-likeness (QED) is 0.887. The van der Waals surface area contributed by atoms with Crippen LogP contribution < -0.4 is 10.5 Å². The van der Waals surface area contributed by atoms with Crippen molar-refractivity contribution in [3.63, 3.8) is 0 Å². The summed E-state index contributed by atoms with van der Waals surface area (Å²) in [6, 6.07) is 3.62. The van der Waals surface area contributed by atoms with Crippen molar-refractivity contribution < 1.29 is 9.26 Å². The van der Waals surface area contributed by atoms with Gasteiger partial charge in [0.05, 0.1) is 6.20 Å². The van der Waals surface area contributed by atoms with E-state index in [0.29, 0.717) is 11.5 Å². The monoisotopic (exact) mass is 352 g/mol. The van der Waals surface area contributed by atoms with Crippen LogP contribution in [0.2, 0.25) is 0 Å². The number of aromatic amines is 1. The van der Waals surface area contributed by atoms with E-state index >= 15 is 0 Å². The Bertz CT molecular complexity index is 703. The Morgan fingerprint density at radius 1 is 1.25 bits per heavy atom. The number of halogens is 1. The number of likely N-dealkylation sites (tertiary alicyclic amines) is 1. The minimum absolute atomic E-state index is 0. The van der Waals surface area contributed by atoms with E-state index in [1.54, 1.807) is 12.3 Å². The molecular weight excluding hydrogens is 332 g/mol. The van der Waals surface area contributed by atoms with Crippen LogP contribution in [0.25, 0.3) is 11.5 Å². The molecule has 0 bridgehead atoms. The van der Waals surface area contributed by atoms with Crippen LogP contribution in [0.1, 0.15) is 25.7 Å². The molecule has 1 aliphatic carbocycles. The molecule has 7 nitrogen and oxygen atoms in total. The van der Waals surface area contributed by atoms with E-state index in [-0.39, 0.29) is 18.5 Å². The lowest BCUT2D eigenvalue weighted by atomic mass is 10.1. The molecule has 130 valence electrons. The normalized spacial score (nSPS) is 19.0. The number of hydrogen-bond donors (Lipinski definition) is 1.